The van der Waals surface area contributed by atoms with Gasteiger partial charge in [-0.25, -0.2) is 8.42 Å². The summed E-state index contributed by atoms with van der Waals surface area (Å²) in [5.74, 6) is -0.815. The van der Waals surface area contributed by atoms with E-state index in [1.807, 2.05) is 37.3 Å². The van der Waals surface area contributed by atoms with Crippen LogP contribution in [0.2, 0.25) is 0 Å². The van der Waals surface area contributed by atoms with Crippen LogP contribution in [0.25, 0.3) is 0 Å². The number of aliphatic hydroxyl groups excluding tert-OH is 1. The van der Waals surface area contributed by atoms with Gasteiger partial charge in [0.25, 0.3) is 0 Å². The van der Waals surface area contributed by atoms with Gasteiger partial charge in [-0.1, -0.05) is 74.2 Å². The van der Waals surface area contributed by atoms with Crippen LogP contribution in [0, 0.1) is 6.92 Å². The molecule has 0 saturated carbocycles. The number of hydrogen-bond acceptors (Lipinski definition) is 6. The number of carbonyl (C=O) groups is 1. The van der Waals surface area contributed by atoms with Gasteiger partial charge in [-0.15, -0.1) is 0 Å². The van der Waals surface area contributed by atoms with Crippen molar-refractivity contribution in [1.82, 2.24) is 0 Å². The zero-order chi connectivity index (χ0) is 24.1. The molecule has 0 radical (unpaired) electrons. The van der Waals surface area contributed by atoms with Crippen LogP contribution < -0.4 is 0 Å². The Bertz CT molecular complexity index is 925. The first-order chi connectivity index (χ1) is 15.8. The summed E-state index contributed by atoms with van der Waals surface area (Å²) in [6.45, 7) is 4.09. The Morgan fingerprint density at radius 2 is 1.73 bits per heavy atom. The van der Waals surface area contributed by atoms with Gasteiger partial charge in [0.15, 0.2) is 9.84 Å². The van der Waals surface area contributed by atoms with Crippen LogP contribution in [0.5, 0.6) is 0 Å². The number of aryl methyl sites for hydroxylation is 1. The van der Waals surface area contributed by atoms with Gasteiger partial charge in [-0.05, 0) is 31.0 Å². The van der Waals surface area contributed by atoms with Crippen molar-refractivity contribution in [2.75, 3.05) is 12.4 Å². The van der Waals surface area contributed by atoms with Crippen LogP contribution >= 0.6 is 0 Å². The summed E-state index contributed by atoms with van der Waals surface area (Å²) in [7, 11) is -3.53. The summed E-state index contributed by atoms with van der Waals surface area (Å²) in [5, 5.41) is 10.4. The van der Waals surface area contributed by atoms with Crippen molar-refractivity contribution in [1.29, 1.82) is 0 Å². The molecule has 33 heavy (non-hydrogen) atoms. The first kappa shape index (κ1) is 27.0. The first-order valence-electron chi connectivity index (χ1n) is 11.6. The maximum absolute atomic E-state index is 12.4. The molecule has 6 nitrogen and oxygen atoms in total. The fourth-order valence-corrected chi connectivity index (χ4v) is 4.51. The molecule has 2 rings (SSSR count). The molecule has 0 aliphatic carbocycles. The van der Waals surface area contributed by atoms with E-state index in [0.717, 1.165) is 30.4 Å². The Labute approximate surface area is 197 Å². The number of esters is 1. The molecular weight excluding hydrogens is 440 g/mol. The van der Waals surface area contributed by atoms with E-state index in [1.165, 1.54) is 0 Å². The Hall–Kier alpha value is -2.22. The average molecular weight is 477 g/mol. The third-order valence-electron chi connectivity index (χ3n) is 5.39. The Morgan fingerprint density at radius 3 is 2.39 bits per heavy atom. The van der Waals surface area contributed by atoms with Crippen LogP contribution in [0.1, 0.15) is 56.6 Å². The van der Waals surface area contributed by atoms with E-state index < -0.39 is 28.0 Å². The maximum atomic E-state index is 12.4. The number of sulfone groups is 1. The Balaban J connectivity index is 1.87. The molecule has 2 atom stereocenters. The zero-order valence-corrected chi connectivity index (χ0v) is 20.4. The zero-order valence-electron chi connectivity index (χ0n) is 19.6. The molecular formula is C26H36O6S. The summed E-state index contributed by atoms with van der Waals surface area (Å²) in [6.07, 6.45) is 2.90. The topological polar surface area (TPSA) is 89.9 Å². The van der Waals surface area contributed by atoms with Crippen LogP contribution in [0.4, 0.5) is 0 Å². The highest BCUT2D eigenvalue weighted by Crippen LogP contribution is 2.17. The number of hydrogen-bond donors (Lipinski definition) is 1. The van der Waals surface area contributed by atoms with Crippen LogP contribution in [-0.2, 0) is 30.7 Å². The summed E-state index contributed by atoms with van der Waals surface area (Å²) in [6, 6.07) is 16.2. The van der Waals surface area contributed by atoms with Crippen molar-refractivity contribution in [3.63, 3.8) is 0 Å². The third-order valence-corrected chi connectivity index (χ3v) is 7.09. The second kappa shape index (κ2) is 14.1. The first-order valence-corrected chi connectivity index (χ1v) is 13.2. The highest BCUT2D eigenvalue weighted by molar-refractivity contribution is 7.91. The Kier molecular flexibility index (Phi) is 11.6. The minimum atomic E-state index is -3.53. The molecule has 0 bridgehead atoms. The lowest BCUT2D eigenvalue weighted by Crippen LogP contribution is -2.26. The lowest BCUT2D eigenvalue weighted by Gasteiger charge is -2.21. The molecule has 0 aliphatic rings. The van der Waals surface area contributed by atoms with Crippen LogP contribution in [0.15, 0.2) is 59.5 Å². The minimum Gasteiger partial charge on any atom is -0.465 e. The van der Waals surface area contributed by atoms with Crippen molar-refractivity contribution in [2.45, 2.75) is 76.1 Å². The number of unbranched alkanes of at least 4 members (excludes halogenated alkanes) is 2. The number of ether oxygens (including phenoxy) is 2. The van der Waals surface area contributed by atoms with Gasteiger partial charge < -0.3 is 14.6 Å². The third kappa shape index (κ3) is 10.5. The largest absolute Gasteiger partial charge is 0.465 e. The van der Waals surface area contributed by atoms with E-state index in [1.54, 1.807) is 24.3 Å². The second-order valence-corrected chi connectivity index (χ2v) is 10.5. The average Bonchev–Trinajstić information content (AvgIpc) is 2.78. The van der Waals surface area contributed by atoms with Gasteiger partial charge in [-0.2, -0.15) is 0 Å². The summed E-state index contributed by atoms with van der Waals surface area (Å²) in [4.78, 5) is 12.6. The lowest BCUT2D eigenvalue weighted by atomic mass is 10.0. The maximum Gasteiger partial charge on any atom is 0.308 e. The number of benzene rings is 2. The van der Waals surface area contributed by atoms with Gasteiger partial charge in [0.1, 0.15) is 6.61 Å². The molecule has 2 aromatic rings. The van der Waals surface area contributed by atoms with Crippen LogP contribution in [0.3, 0.4) is 0 Å². The van der Waals surface area contributed by atoms with Gasteiger partial charge in [0.2, 0.25) is 0 Å². The molecule has 0 unspecified atom stereocenters. The van der Waals surface area contributed by atoms with E-state index in [-0.39, 0.29) is 23.7 Å². The number of aliphatic hydroxyl groups is 1. The lowest BCUT2D eigenvalue weighted by molar-refractivity contribution is -0.147. The van der Waals surface area contributed by atoms with E-state index in [4.69, 9.17) is 9.47 Å². The highest BCUT2D eigenvalue weighted by atomic mass is 32.2. The predicted molar refractivity (Wildman–Crippen MR) is 129 cm³/mol. The van der Waals surface area contributed by atoms with Gasteiger partial charge in [-0.3, -0.25) is 4.79 Å². The SMILES string of the molecule is CCCCC[C@@H](O)C[C@H](CC(=O)OCCS(=O)(=O)c1ccc(C)cc1)OCc1ccccc1. The fourth-order valence-electron chi connectivity index (χ4n) is 3.42. The molecule has 1 N–H and O–H groups in total. The van der Waals surface area contributed by atoms with E-state index in [0.29, 0.717) is 19.4 Å². The monoisotopic (exact) mass is 476 g/mol. The molecule has 0 fully saturated rings. The highest BCUT2D eigenvalue weighted by Gasteiger charge is 2.21. The molecule has 0 aromatic heterocycles. The van der Waals surface area contributed by atoms with E-state index >= 15 is 0 Å². The smallest absolute Gasteiger partial charge is 0.308 e. The van der Waals surface area contributed by atoms with Crippen molar-refractivity contribution in [3.05, 3.63) is 65.7 Å². The second-order valence-electron chi connectivity index (χ2n) is 8.36. The molecule has 0 aliphatic heterocycles. The normalized spacial score (nSPS) is 13.4. The predicted octanol–water partition coefficient (Wildman–Crippen LogP) is 4.62. The van der Waals surface area contributed by atoms with Crippen molar-refractivity contribution >= 4 is 15.8 Å². The van der Waals surface area contributed by atoms with E-state index in [2.05, 4.69) is 6.92 Å². The summed E-state index contributed by atoms with van der Waals surface area (Å²) < 4.78 is 36.0. The van der Waals surface area contributed by atoms with Gasteiger partial charge >= 0.3 is 5.97 Å². The standard InChI is InChI=1S/C26H36O6S/c1-3-4-6-11-23(27)18-24(32-20-22-9-7-5-8-10-22)19-26(28)31-16-17-33(29,30)25-14-12-21(2)13-15-25/h5,7-10,12-15,23-24,27H,3-4,6,11,16-20H2,1-2H3/t23-,24-/m1/s1. The molecule has 7 heteroatoms. The Morgan fingerprint density at radius 1 is 1.03 bits per heavy atom. The number of rotatable bonds is 15. The van der Waals surface area contributed by atoms with Crippen molar-refractivity contribution in [2.24, 2.45) is 0 Å². The van der Waals surface area contributed by atoms with Gasteiger partial charge in [0, 0.05) is 6.42 Å². The fraction of sp³-hybridized carbons (Fsp3) is 0.500. The summed E-state index contributed by atoms with van der Waals surface area (Å²) >= 11 is 0. The van der Waals surface area contributed by atoms with Gasteiger partial charge in [0.05, 0.1) is 35.9 Å². The molecule has 0 saturated heterocycles. The number of carbonyl (C=O) groups excluding carboxylic acids is 1. The molecule has 182 valence electrons. The minimum absolute atomic E-state index is 0.0394. The quantitative estimate of drug-likeness (QED) is 0.298. The van der Waals surface area contributed by atoms with Crippen LogP contribution in [-0.4, -0.2) is 44.1 Å². The molecule has 0 spiro atoms. The molecule has 0 heterocycles. The van der Waals surface area contributed by atoms with Crippen molar-refractivity contribution < 1.29 is 27.8 Å². The van der Waals surface area contributed by atoms with Crippen molar-refractivity contribution in [3.8, 4) is 0 Å². The van der Waals surface area contributed by atoms with E-state index in [9.17, 15) is 18.3 Å². The molecule has 0 amide bonds. The summed E-state index contributed by atoms with van der Waals surface area (Å²) in [5.41, 5.74) is 1.94. The molecule has 2 aromatic carbocycles.